The van der Waals surface area contributed by atoms with Gasteiger partial charge in [0.05, 0.1) is 12.6 Å². The first-order chi connectivity index (χ1) is 8.26. The molecule has 0 heterocycles. The number of likely N-dealkylation sites (N-methyl/N-ethyl adjacent to an activating group) is 1. The van der Waals surface area contributed by atoms with Crippen LogP contribution in [0.15, 0.2) is 6.07 Å². The zero-order valence-corrected chi connectivity index (χ0v) is 12.4. The van der Waals surface area contributed by atoms with Gasteiger partial charge in [-0.05, 0) is 64.4 Å². The second-order valence-corrected chi connectivity index (χ2v) is 5.22. The Balaban J connectivity index is 3.44. The Morgan fingerprint density at radius 2 is 1.78 bits per heavy atom. The lowest BCUT2D eigenvalue weighted by Crippen LogP contribution is -2.45. The van der Waals surface area contributed by atoms with E-state index in [1.165, 1.54) is 0 Å². The fourth-order valence-electron chi connectivity index (χ4n) is 2.03. The van der Waals surface area contributed by atoms with Gasteiger partial charge in [-0.3, -0.25) is 4.79 Å². The number of carbonyl (C=O) groups excluding carboxylic acids is 1. The molecule has 0 unspecified atom stereocenters. The van der Waals surface area contributed by atoms with E-state index >= 15 is 0 Å². The van der Waals surface area contributed by atoms with Crippen LogP contribution in [-0.4, -0.2) is 25.5 Å². The Bertz CT molecular complexity index is 476. The van der Waals surface area contributed by atoms with Crippen molar-refractivity contribution in [2.45, 2.75) is 40.2 Å². The highest BCUT2D eigenvalue weighted by atomic mass is 16.5. The molecular formula is C15H23NO2. The summed E-state index contributed by atoms with van der Waals surface area (Å²) in [5, 5.41) is 3.06. The molecule has 0 aliphatic heterocycles. The zero-order chi connectivity index (χ0) is 14.1. The third-order valence-corrected chi connectivity index (χ3v) is 3.69. The first-order valence-electron chi connectivity index (χ1n) is 6.14. The number of methoxy groups -OCH3 is 1. The van der Waals surface area contributed by atoms with E-state index in [2.05, 4.69) is 5.32 Å². The summed E-state index contributed by atoms with van der Waals surface area (Å²) >= 11 is 0. The minimum atomic E-state index is -0.559. The van der Waals surface area contributed by atoms with E-state index in [-0.39, 0.29) is 5.78 Å². The number of hydrogen-bond donors (Lipinski definition) is 1. The van der Waals surface area contributed by atoms with E-state index in [1.807, 2.05) is 40.7 Å². The predicted molar refractivity (Wildman–Crippen MR) is 74.7 cm³/mol. The summed E-state index contributed by atoms with van der Waals surface area (Å²) in [6.45, 7) is 9.70. The van der Waals surface area contributed by atoms with Crippen molar-refractivity contribution in [3.05, 3.63) is 28.3 Å². The van der Waals surface area contributed by atoms with Crippen molar-refractivity contribution >= 4 is 5.78 Å². The molecule has 18 heavy (non-hydrogen) atoms. The van der Waals surface area contributed by atoms with E-state index < -0.39 is 5.54 Å². The maximum atomic E-state index is 12.6. The molecule has 0 spiro atoms. The molecule has 0 fully saturated rings. The molecule has 1 aromatic carbocycles. The van der Waals surface area contributed by atoms with Crippen LogP contribution < -0.4 is 10.1 Å². The van der Waals surface area contributed by atoms with Gasteiger partial charge in [-0.25, -0.2) is 0 Å². The molecule has 0 amide bonds. The van der Waals surface area contributed by atoms with Gasteiger partial charge in [0, 0.05) is 5.56 Å². The molecule has 0 saturated heterocycles. The number of ether oxygens (including phenoxy) is 1. The topological polar surface area (TPSA) is 38.3 Å². The lowest BCUT2D eigenvalue weighted by atomic mass is 9.86. The molecule has 0 radical (unpaired) electrons. The van der Waals surface area contributed by atoms with E-state index in [0.717, 1.165) is 28.0 Å². The van der Waals surface area contributed by atoms with Crippen LogP contribution in [0.5, 0.6) is 5.75 Å². The Labute approximate surface area is 110 Å². The summed E-state index contributed by atoms with van der Waals surface area (Å²) in [6.07, 6.45) is 0. The van der Waals surface area contributed by atoms with E-state index in [1.54, 1.807) is 14.2 Å². The lowest BCUT2D eigenvalue weighted by molar-refractivity contribution is 0.0888. The number of nitrogens with one attached hydrogen (secondary N) is 1. The highest BCUT2D eigenvalue weighted by Gasteiger charge is 2.29. The van der Waals surface area contributed by atoms with Crippen molar-refractivity contribution < 1.29 is 9.53 Å². The average Bonchev–Trinajstić information content (AvgIpc) is 2.33. The fraction of sp³-hybridized carbons (Fsp3) is 0.533. The molecule has 0 aliphatic rings. The van der Waals surface area contributed by atoms with Crippen molar-refractivity contribution in [3.63, 3.8) is 0 Å². The van der Waals surface area contributed by atoms with Crippen molar-refractivity contribution in [2.75, 3.05) is 14.2 Å². The van der Waals surface area contributed by atoms with Crippen molar-refractivity contribution in [1.82, 2.24) is 5.32 Å². The van der Waals surface area contributed by atoms with Crippen LogP contribution in [0.25, 0.3) is 0 Å². The molecule has 100 valence electrons. The van der Waals surface area contributed by atoms with Gasteiger partial charge in [0.15, 0.2) is 5.78 Å². The highest BCUT2D eigenvalue weighted by molar-refractivity contribution is 6.05. The molecule has 3 nitrogen and oxygen atoms in total. The van der Waals surface area contributed by atoms with Crippen LogP contribution in [0.2, 0.25) is 0 Å². The number of Topliss-reactive ketones (excluding diaryl/α,β-unsaturated/α-hetero) is 1. The maximum absolute atomic E-state index is 12.6. The molecule has 1 rings (SSSR count). The van der Waals surface area contributed by atoms with Gasteiger partial charge in [0.2, 0.25) is 0 Å². The standard InChI is InChI=1S/C15H23NO2/c1-9-8-12(18-7)10(2)11(3)13(9)14(17)15(4,5)16-6/h8,16H,1-7H3. The van der Waals surface area contributed by atoms with Crippen LogP contribution >= 0.6 is 0 Å². The first-order valence-corrected chi connectivity index (χ1v) is 6.14. The van der Waals surface area contributed by atoms with Gasteiger partial charge in [-0.1, -0.05) is 0 Å². The SMILES string of the molecule is CNC(C)(C)C(=O)c1c(C)cc(OC)c(C)c1C. The summed E-state index contributed by atoms with van der Waals surface area (Å²) in [5.74, 6) is 0.953. The molecule has 3 heteroatoms. The molecule has 0 saturated carbocycles. The number of benzene rings is 1. The third-order valence-electron chi connectivity index (χ3n) is 3.69. The van der Waals surface area contributed by atoms with Gasteiger partial charge in [0.25, 0.3) is 0 Å². The first kappa shape index (κ1) is 14.7. The van der Waals surface area contributed by atoms with Crippen LogP contribution in [0.3, 0.4) is 0 Å². The monoisotopic (exact) mass is 249 g/mol. The molecule has 1 aromatic rings. The summed E-state index contributed by atoms with van der Waals surface area (Å²) in [4.78, 5) is 12.6. The van der Waals surface area contributed by atoms with E-state index in [9.17, 15) is 4.79 Å². The van der Waals surface area contributed by atoms with Gasteiger partial charge in [-0.15, -0.1) is 0 Å². The summed E-state index contributed by atoms with van der Waals surface area (Å²) in [6, 6.07) is 1.93. The van der Waals surface area contributed by atoms with Gasteiger partial charge in [-0.2, -0.15) is 0 Å². The molecule has 0 aromatic heterocycles. The Hall–Kier alpha value is -1.35. The Kier molecular flexibility index (Phi) is 4.17. The van der Waals surface area contributed by atoms with Gasteiger partial charge < -0.3 is 10.1 Å². The van der Waals surface area contributed by atoms with E-state index in [0.29, 0.717) is 0 Å². The molecule has 1 N–H and O–H groups in total. The number of carbonyl (C=O) groups is 1. The second kappa shape index (κ2) is 5.11. The minimum absolute atomic E-state index is 0.116. The predicted octanol–water partition coefficient (Wildman–Crippen LogP) is 2.80. The minimum Gasteiger partial charge on any atom is -0.496 e. The number of rotatable bonds is 4. The highest BCUT2D eigenvalue weighted by Crippen LogP contribution is 2.29. The molecule has 0 atom stereocenters. The fourth-order valence-corrected chi connectivity index (χ4v) is 2.03. The summed E-state index contributed by atoms with van der Waals surface area (Å²) in [5.41, 5.74) is 3.23. The van der Waals surface area contributed by atoms with Gasteiger partial charge >= 0.3 is 0 Å². The molecule has 0 aliphatic carbocycles. The number of hydrogen-bond acceptors (Lipinski definition) is 3. The van der Waals surface area contributed by atoms with Crippen molar-refractivity contribution in [2.24, 2.45) is 0 Å². The largest absolute Gasteiger partial charge is 0.496 e. The van der Waals surface area contributed by atoms with Crippen LogP contribution in [0.1, 0.15) is 40.9 Å². The summed E-state index contributed by atoms with van der Waals surface area (Å²) in [7, 11) is 3.46. The summed E-state index contributed by atoms with van der Waals surface area (Å²) < 4.78 is 5.33. The van der Waals surface area contributed by atoms with Crippen molar-refractivity contribution in [3.8, 4) is 5.75 Å². The number of aryl methyl sites for hydroxylation is 1. The third kappa shape index (κ3) is 2.41. The smallest absolute Gasteiger partial charge is 0.182 e. The maximum Gasteiger partial charge on any atom is 0.182 e. The second-order valence-electron chi connectivity index (χ2n) is 5.22. The normalized spacial score (nSPS) is 11.5. The number of ketones is 1. The van der Waals surface area contributed by atoms with Crippen LogP contribution in [0.4, 0.5) is 0 Å². The molecular weight excluding hydrogens is 226 g/mol. The Morgan fingerprint density at radius 1 is 1.22 bits per heavy atom. The Morgan fingerprint density at radius 3 is 2.22 bits per heavy atom. The van der Waals surface area contributed by atoms with Gasteiger partial charge in [0.1, 0.15) is 5.75 Å². The van der Waals surface area contributed by atoms with E-state index in [4.69, 9.17) is 4.74 Å². The molecule has 0 bridgehead atoms. The lowest BCUT2D eigenvalue weighted by Gasteiger charge is -2.25. The zero-order valence-electron chi connectivity index (χ0n) is 12.4. The van der Waals surface area contributed by atoms with Crippen LogP contribution in [0, 0.1) is 20.8 Å². The van der Waals surface area contributed by atoms with Crippen molar-refractivity contribution in [1.29, 1.82) is 0 Å². The quantitative estimate of drug-likeness (QED) is 0.834. The average molecular weight is 249 g/mol. The van der Waals surface area contributed by atoms with Crippen LogP contribution in [-0.2, 0) is 0 Å².